The summed E-state index contributed by atoms with van der Waals surface area (Å²) in [5.74, 6) is -0.0672. The Morgan fingerprint density at radius 2 is 1.93 bits per heavy atom. The number of nitrogens with one attached hydrogen (secondary N) is 3. The zero-order valence-corrected chi connectivity index (χ0v) is 15.8. The minimum atomic E-state index is -0.883. The molecular weight excluding hydrogens is 372 g/mol. The van der Waals surface area contributed by atoms with Crippen molar-refractivity contribution in [1.29, 1.82) is 0 Å². The minimum Gasteiger partial charge on any atom is -0.497 e. The average molecular weight is 392 g/mol. The van der Waals surface area contributed by atoms with Crippen molar-refractivity contribution in [3.8, 4) is 5.75 Å². The molecule has 0 saturated carbocycles. The Morgan fingerprint density at radius 3 is 2.69 bits per heavy atom. The zero-order chi connectivity index (χ0) is 20.4. The number of benzene rings is 2. The van der Waals surface area contributed by atoms with Gasteiger partial charge >= 0.3 is 6.03 Å². The quantitative estimate of drug-likeness (QED) is 0.561. The number of fused-ring (bicyclic) bond motifs is 1. The van der Waals surface area contributed by atoms with E-state index in [-0.39, 0.29) is 18.9 Å². The molecule has 1 aliphatic rings. The van der Waals surface area contributed by atoms with E-state index in [2.05, 4.69) is 15.6 Å². The van der Waals surface area contributed by atoms with Crippen LogP contribution in [0.4, 0.5) is 10.5 Å². The van der Waals surface area contributed by atoms with E-state index in [0.717, 1.165) is 21.4 Å². The van der Waals surface area contributed by atoms with Gasteiger partial charge in [0.25, 0.3) is 5.91 Å². The first kappa shape index (κ1) is 18.5. The van der Waals surface area contributed by atoms with E-state index in [4.69, 9.17) is 4.74 Å². The van der Waals surface area contributed by atoms with Gasteiger partial charge in [0.1, 0.15) is 11.8 Å². The predicted molar refractivity (Wildman–Crippen MR) is 107 cm³/mol. The van der Waals surface area contributed by atoms with Crippen molar-refractivity contribution >= 4 is 34.4 Å². The van der Waals surface area contributed by atoms with Gasteiger partial charge in [0, 0.05) is 17.1 Å². The standard InChI is InChI=1S/C21H20N4O4/c1-29-14-7-5-13(6-8-14)12-25-20(27)18(24-21(25)28)11-19(26)23-17-4-2-3-16-15(17)9-10-22-16/h2-10,18,22H,11-12H2,1H3,(H,23,26)(H,24,28)/t18-/m0/s1. The van der Waals surface area contributed by atoms with Crippen molar-refractivity contribution in [1.82, 2.24) is 15.2 Å². The van der Waals surface area contributed by atoms with Crippen molar-refractivity contribution in [2.75, 3.05) is 12.4 Å². The van der Waals surface area contributed by atoms with E-state index in [1.54, 1.807) is 43.6 Å². The highest BCUT2D eigenvalue weighted by atomic mass is 16.5. The van der Waals surface area contributed by atoms with Crippen LogP contribution in [0.15, 0.2) is 54.7 Å². The van der Waals surface area contributed by atoms with Crippen LogP contribution in [0, 0.1) is 0 Å². The topological polar surface area (TPSA) is 104 Å². The second-order valence-corrected chi connectivity index (χ2v) is 6.77. The number of hydrogen-bond donors (Lipinski definition) is 3. The molecule has 3 N–H and O–H groups in total. The Kier molecular flexibility index (Phi) is 4.90. The number of carbonyl (C=O) groups is 3. The number of hydrogen-bond acceptors (Lipinski definition) is 4. The maximum Gasteiger partial charge on any atom is 0.325 e. The fourth-order valence-corrected chi connectivity index (χ4v) is 3.36. The summed E-state index contributed by atoms with van der Waals surface area (Å²) in [6.07, 6.45) is 1.66. The molecule has 1 aliphatic heterocycles. The van der Waals surface area contributed by atoms with Gasteiger partial charge in [-0.2, -0.15) is 0 Å². The second-order valence-electron chi connectivity index (χ2n) is 6.77. The summed E-state index contributed by atoms with van der Waals surface area (Å²) in [6.45, 7) is 0.134. The molecule has 1 aromatic heterocycles. The van der Waals surface area contributed by atoms with Crippen LogP contribution in [-0.4, -0.2) is 40.9 Å². The van der Waals surface area contributed by atoms with Crippen molar-refractivity contribution in [3.05, 3.63) is 60.3 Å². The molecule has 1 atom stereocenters. The van der Waals surface area contributed by atoms with E-state index < -0.39 is 18.0 Å². The molecular formula is C21H20N4O4. The van der Waals surface area contributed by atoms with Crippen LogP contribution in [0.25, 0.3) is 10.9 Å². The maximum absolute atomic E-state index is 12.6. The Balaban J connectivity index is 1.40. The van der Waals surface area contributed by atoms with Crippen molar-refractivity contribution in [3.63, 3.8) is 0 Å². The van der Waals surface area contributed by atoms with Crippen molar-refractivity contribution in [2.24, 2.45) is 0 Å². The molecule has 0 aliphatic carbocycles. The molecule has 8 heteroatoms. The van der Waals surface area contributed by atoms with E-state index in [1.807, 2.05) is 18.2 Å². The Morgan fingerprint density at radius 1 is 1.14 bits per heavy atom. The molecule has 29 heavy (non-hydrogen) atoms. The third kappa shape index (κ3) is 3.77. The molecule has 0 bridgehead atoms. The van der Waals surface area contributed by atoms with Gasteiger partial charge in [-0.05, 0) is 35.9 Å². The van der Waals surface area contributed by atoms with Crippen LogP contribution < -0.4 is 15.4 Å². The summed E-state index contributed by atoms with van der Waals surface area (Å²) in [4.78, 5) is 41.5. The van der Waals surface area contributed by atoms with E-state index >= 15 is 0 Å². The third-order valence-corrected chi connectivity index (χ3v) is 4.87. The monoisotopic (exact) mass is 392 g/mol. The van der Waals surface area contributed by atoms with Gasteiger partial charge < -0.3 is 20.4 Å². The number of H-pyrrole nitrogens is 1. The number of anilines is 1. The first-order valence-electron chi connectivity index (χ1n) is 9.16. The number of aromatic nitrogens is 1. The molecule has 1 fully saturated rings. The summed E-state index contributed by atoms with van der Waals surface area (Å²) in [6, 6.07) is 13.1. The lowest BCUT2D eigenvalue weighted by molar-refractivity contribution is -0.130. The van der Waals surface area contributed by atoms with Crippen LogP contribution in [0.1, 0.15) is 12.0 Å². The fraction of sp³-hybridized carbons (Fsp3) is 0.190. The molecule has 0 spiro atoms. The molecule has 0 radical (unpaired) electrons. The van der Waals surface area contributed by atoms with Crippen LogP contribution in [0.3, 0.4) is 0 Å². The smallest absolute Gasteiger partial charge is 0.325 e. The lowest BCUT2D eigenvalue weighted by Crippen LogP contribution is -2.34. The minimum absolute atomic E-state index is 0.134. The number of rotatable bonds is 6. The summed E-state index contributed by atoms with van der Waals surface area (Å²) < 4.78 is 5.11. The van der Waals surface area contributed by atoms with Gasteiger partial charge in [-0.25, -0.2) is 4.79 Å². The molecule has 4 rings (SSSR count). The Labute approximate surface area is 166 Å². The van der Waals surface area contributed by atoms with Crippen LogP contribution >= 0.6 is 0 Å². The Hall–Kier alpha value is -3.81. The van der Waals surface area contributed by atoms with E-state index in [9.17, 15) is 14.4 Å². The highest BCUT2D eigenvalue weighted by molar-refractivity contribution is 6.08. The predicted octanol–water partition coefficient (Wildman–Crippen LogP) is 2.63. The summed E-state index contributed by atoms with van der Waals surface area (Å²) >= 11 is 0. The van der Waals surface area contributed by atoms with Gasteiger partial charge in [0.15, 0.2) is 0 Å². The molecule has 8 nitrogen and oxygen atoms in total. The van der Waals surface area contributed by atoms with E-state index in [1.165, 1.54) is 0 Å². The van der Waals surface area contributed by atoms with Gasteiger partial charge in [0.2, 0.25) is 5.91 Å². The Bertz CT molecular complexity index is 1070. The SMILES string of the molecule is COc1ccc(CN2C(=O)N[C@@H](CC(=O)Nc3cccc4[nH]ccc34)C2=O)cc1. The maximum atomic E-state index is 12.6. The molecule has 3 aromatic rings. The molecule has 0 unspecified atom stereocenters. The van der Waals surface area contributed by atoms with Gasteiger partial charge in [-0.15, -0.1) is 0 Å². The number of urea groups is 1. The zero-order valence-electron chi connectivity index (χ0n) is 15.8. The second kappa shape index (κ2) is 7.67. The lowest BCUT2D eigenvalue weighted by Gasteiger charge is -2.13. The number of amides is 4. The van der Waals surface area contributed by atoms with Gasteiger partial charge in [-0.3, -0.25) is 14.5 Å². The highest BCUT2D eigenvalue weighted by Crippen LogP contribution is 2.23. The number of imide groups is 1. The molecule has 2 aromatic carbocycles. The molecule has 2 heterocycles. The summed E-state index contributed by atoms with van der Waals surface area (Å²) in [5, 5.41) is 6.29. The lowest BCUT2D eigenvalue weighted by atomic mass is 10.1. The van der Waals surface area contributed by atoms with Crippen molar-refractivity contribution in [2.45, 2.75) is 19.0 Å². The van der Waals surface area contributed by atoms with Gasteiger partial charge in [-0.1, -0.05) is 18.2 Å². The molecule has 148 valence electrons. The molecule has 1 saturated heterocycles. The van der Waals surface area contributed by atoms with Crippen LogP contribution in [0.2, 0.25) is 0 Å². The number of methoxy groups -OCH3 is 1. The largest absolute Gasteiger partial charge is 0.497 e. The normalized spacial score (nSPS) is 16.2. The van der Waals surface area contributed by atoms with Crippen LogP contribution in [-0.2, 0) is 16.1 Å². The average Bonchev–Trinajstić information content (AvgIpc) is 3.30. The van der Waals surface area contributed by atoms with Gasteiger partial charge in [0.05, 0.1) is 25.8 Å². The first-order valence-corrected chi connectivity index (χ1v) is 9.16. The first-order chi connectivity index (χ1) is 14.0. The number of ether oxygens (including phenoxy) is 1. The fourth-order valence-electron chi connectivity index (χ4n) is 3.36. The van der Waals surface area contributed by atoms with Crippen LogP contribution in [0.5, 0.6) is 5.75 Å². The number of carbonyl (C=O) groups excluding carboxylic acids is 3. The third-order valence-electron chi connectivity index (χ3n) is 4.87. The number of aromatic amines is 1. The summed E-state index contributed by atoms with van der Waals surface area (Å²) in [5.41, 5.74) is 2.35. The number of nitrogens with zero attached hydrogens (tertiary/aromatic N) is 1. The van der Waals surface area contributed by atoms with E-state index in [0.29, 0.717) is 11.4 Å². The summed E-state index contributed by atoms with van der Waals surface area (Å²) in [7, 11) is 1.57. The van der Waals surface area contributed by atoms with Crippen molar-refractivity contribution < 1.29 is 19.1 Å². The highest BCUT2D eigenvalue weighted by Gasteiger charge is 2.39. The molecule has 4 amide bonds.